The Labute approximate surface area is 114 Å². The maximum atomic E-state index is 4.81. The Bertz CT molecular complexity index is 262. The lowest BCUT2D eigenvalue weighted by Gasteiger charge is -2.34. The predicted octanol–water partition coefficient (Wildman–Crippen LogP) is 5.26. The summed E-state index contributed by atoms with van der Waals surface area (Å²) in [4.78, 5) is 4.81. The van der Waals surface area contributed by atoms with Crippen LogP contribution in [-0.2, 0) is 0 Å². The Balaban J connectivity index is 2.68. The molecule has 0 bridgehead atoms. The van der Waals surface area contributed by atoms with E-state index in [9.17, 15) is 0 Å². The second-order valence-electron chi connectivity index (χ2n) is 6.62. The van der Waals surface area contributed by atoms with Crippen LogP contribution in [0.3, 0.4) is 0 Å². The van der Waals surface area contributed by atoms with Gasteiger partial charge >= 0.3 is 0 Å². The van der Waals surface area contributed by atoms with Gasteiger partial charge in [0, 0.05) is 6.21 Å². The first kappa shape index (κ1) is 15.5. The van der Waals surface area contributed by atoms with Crippen molar-refractivity contribution in [1.29, 1.82) is 0 Å². The van der Waals surface area contributed by atoms with Gasteiger partial charge in [0.2, 0.25) is 0 Å². The molecule has 1 atom stereocenters. The summed E-state index contributed by atoms with van der Waals surface area (Å²) in [5, 5.41) is 0. The molecule has 1 rings (SSSR count). The molecular formula is C17H31N. The molecule has 1 nitrogen and oxygen atoms in total. The zero-order valence-corrected chi connectivity index (χ0v) is 12.9. The highest BCUT2D eigenvalue weighted by atomic mass is 14.9. The molecule has 1 aliphatic rings. The molecule has 1 heteroatoms. The standard InChI is InChI=1S/C17H31N/c1-6-17(12-7-13-18-17)16(10-8-14(2)3)11-9-15(4)5/h7,12-16H,6,8-11H2,1-5H3. The third-order valence-electron chi connectivity index (χ3n) is 4.24. The summed E-state index contributed by atoms with van der Waals surface area (Å²) in [6.45, 7) is 11.6. The van der Waals surface area contributed by atoms with Crippen LogP contribution in [0.15, 0.2) is 17.1 Å². The van der Waals surface area contributed by atoms with Crippen LogP contribution in [0.2, 0.25) is 0 Å². The highest BCUT2D eigenvalue weighted by molar-refractivity contribution is 5.75. The van der Waals surface area contributed by atoms with Gasteiger partial charge in [-0.2, -0.15) is 0 Å². The Kier molecular flexibility index (Phi) is 6.11. The Hall–Kier alpha value is -0.590. The van der Waals surface area contributed by atoms with E-state index < -0.39 is 0 Å². The molecule has 0 fully saturated rings. The van der Waals surface area contributed by atoms with Crippen LogP contribution in [0.1, 0.15) is 66.7 Å². The van der Waals surface area contributed by atoms with Crippen molar-refractivity contribution >= 4 is 6.21 Å². The van der Waals surface area contributed by atoms with Crippen molar-refractivity contribution < 1.29 is 0 Å². The normalized spacial score (nSPS) is 22.9. The summed E-state index contributed by atoms with van der Waals surface area (Å²) in [6.07, 6.45) is 12.9. The molecule has 0 N–H and O–H groups in total. The molecule has 1 aliphatic heterocycles. The molecule has 0 aromatic carbocycles. The molecule has 1 heterocycles. The van der Waals surface area contributed by atoms with Crippen molar-refractivity contribution in [2.75, 3.05) is 0 Å². The van der Waals surface area contributed by atoms with E-state index in [2.05, 4.69) is 46.8 Å². The molecule has 1 unspecified atom stereocenters. The minimum absolute atomic E-state index is 0.115. The first-order valence-corrected chi connectivity index (χ1v) is 7.73. The average Bonchev–Trinajstić information content (AvgIpc) is 2.78. The number of allylic oxidation sites excluding steroid dienone is 1. The monoisotopic (exact) mass is 249 g/mol. The maximum absolute atomic E-state index is 4.81. The van der Waals surface area contributed by atoms with E-state index in [4.69, 9.17) is 4.99 Å². The quantitative estimate of drug-likeness (QED) is 0.556. The summed E-state index contributed by atoms with van der Waals surface area (Å²) in [6, 6.07) is 0. The highest BCUT2D eigenvalue weighted by Gasteiger charge is 2.35. The maximum Gasteiger partial charge on any atom is 0.0816 e. The second kappa shape index (κ2) is 7.11. The molecule has 18 heavy (non-hydrogen) atoms. The van der Waals surface area contributed by atoms with Gasteiger partial charge < -0.3 is 0 Å². The van der Waals surface area contributed by atoms with Crippen molar-refractivity contribution in [2.45, 2.75) is 72.3 Å². The largest absolute Gasteiger partial charge is 0.282 e. The van der Waals surface area contributed by atoms with Gasteiger partial charge in [-0.15, -0.1) is 0 Å². The summed E-state index contributed by atoms with van der Waals surface area (Å²) >= 11 is 0. The van der Waals surface area contributed by atoms with Crippen molar-refractivity contribution in [3.8, 4) is 0 Å². The van der Waals surface area contributed by atoms with E-state index in [0.717, 1.165) is 24.2 Å². The van der Waals surface area contributed by atoms with Crippen LogP contribution < -0.4 is 0 Å². The molecule has 0 radical (unpaired) electrons. The Morgan fingerprint density at radius 3 is 1.83 bits per heavy atom. The zero-order chi connectivity index (χ0) is 13.6. The molecule has 0 aromatic heterocycles. The van der Waals surface area contributed by atoms with E-state index in [1.54, 1.807) is 0 Å². The van der Waals surface area contributed by atoms with Crippen molar-refractivity contribution in [3.05, 3.63) is 12.2 Å². The average molecular weight is 249 g/mol. The first-order valence-electron chi connectivity index (χ1n) is 7.73. The van der Waals surface area contributed by atoms with E-state index >= 15 is 0 Å². The van der Waals surface area contributed by atoms with E-state index in [0.29, 0.717) is 0 Å². The molecule has 0 aromatic rings. The lowest BCUT2D eigenvalue weighted by Crippen LogP contribution is -2.32. The summed E-state index contributed by atoms with van der Waals surface area (Å²) in [5.74, 6) is 2.33. The first-order chi connectivity index (χ1) is 8.50. The number of nitrogens with zero attached hydrogens (tertiary/aromatic N) is 1. The van der Waals surface area contributed by atoms with Crippen LogP contribution in [0, 0.1) is 17.8 Å². The fraction of sp³-hybridized carbons (Fsp3) is 0.824. The SMILES string of the molecule is CCC1(C(CCC(C)C)CCC(C)C)C=CC=N1. The summed E-state index contributed by atoms with van der Waals surface area (Å²) in [7, 11) is 0. The van der Waals surface area contributed by atoms with Crippen LogP contribution in [0.4, 0.5) is 0 Å². The van der Waals surface area contributed by atoms with Gasteiger partial charge in [0.15, 0.2) is 0 Å². The number of rotatable bonds is 8. The smallest absolute Gasteiger partial charge is 0.0816 e. The van der Waals surface area contributed by atoms with Crippen LogP contribution >= 0.6 is 0 Å². The molecule has 104 valence electrons. The van der Waals surface area contributed by atoms with E-state index in [-0.39, 0.29) is 5.54 Å². The van der Waals surface area contributed by atoms with Crippen molar-refractivity contribution in [2.24, 2.45) is 22.7 Å². The number of hydrogen-bond donors (Lipinski definition) is 0. The van der Waals surface area contributed by atoms with Gasteiger partial charge in [-0.1, -0.05) is 53.5 Å². The molecule has 0 spiro atoms. The third kappa shape index (κ3) is 4.26. The lowest BCUT2D eigenvalue weighted by atomic mass is 9.75. The van der Waals surface area contributed by atoms with E-state index in [1.807, 2.05) is 6.21 Å². The Morgan fingerprint density at radius 2 is 1.50 bits per heavy atom. The molecule has 0 saturated heterocycles. The zero-order valence-electron chi connectivity index (χ0n) is 12.9. The fourth-order valence-corrected chi connectivity index (χ4v) is 2.89. The summed E-state index contributed by atoms with van der Waals surface area (Å²) < 4.78 is 0. The fourth-order valence-electron chi connectivity index (χ4n) is 2.89. The minimum atomic E-state index is 0.115. The second-order valence-corrected chi connectivity index (χ2v) is 6.62. The molecule has 0 saturated carbocycles. The van der Waals surface area contributed by atoms with Gasteiger partial charge in [-0.3, -0.25) is 4.99 Å². The van der Waals surface area contributed by atoms with Crippen molar-refractivity contribution in [1.82, 2.24) is 0 Å². The molecule has 0 aliphatic carbocycles. The van der Waals surface area contributed by atoms with Crippen LogP contribution in [0.25, 0.3) is 0 Å². The van der Waals surface area contributed by atoms with Crippen LogP contribution in [-0.4, -0.2) is 11.8 Å². The third-order valence-corrected chi connectivity index (χ3v) is 4.24. The van der Waals surface area contributed by atoms with Gasteiger partial charge in [0.05, 0.1) is 5.54 Å². The van der Waals surface area contributed by atoms with Gasteiger partial charge in [-0.05, 0) is 43.1 Å². The van der Waals surface area contributed by atoms with Crippen LogP contribution in [0.5, 0.6) is 0 Å². The predicted molar refractivity (Wildman–Crippen MR) is 82.3 cm³/mol. The van der Waals surface area contributed by atoms with E-state index in [1.165, 1.54) is 25.7 Å². The Morgan fingerprint density at radius 1 is 0.944 bits per heavy atom. The molecular weight excluding hydrogens is 218 g/mol. The highest BCUT2D eigenvalue weighted by Crippen LogP contribution is 2.37. The lowest BCUT2D eigenvalue weighted by molar-refractivity contribution is 0.260. The topological polar surface area (TPSA) is 12.4 Å². The number of hydrogen-bond acceptors (Lipinski definition) is 1. The number of aliphatic imine (C=N–C) groups is 1. The minimum Gasteiger partial charge on any atom is -0.282 e. The molecule has 0 amide bonds. The van der Waals surface area contributed by atoms with Gasteiger partial charge in [0.1, 0.15) is 0 Å². The van der Waals surface area contributed by atoms with Crippen molar-refractivity contribution in [3.63, 3.8) is 0 Å². The summed E-state index contributed by atoms with van der Waals surface area (Å²) in [5.41, 5.74) is 0.115. The van der Waals surface area contributed by atoms with Gasteiger partial charge in [-0.25, -0.2) is 0 Å². The van der Waals surface area contributed by atoms with Gasteiger partial charge in [0.25, 0.3) is 0 Å².